The Morgan fingerprint density at radius 1 is 1.28 bits per heavy atom. The lowest BCUT2D eigenvalue weighted by Crippen LogP contribution is -2.37. The van der Waals surface area contributed by atoms with Gasteiger partial charge in [-0.25, -0.2) is 4.39 Å². The number of aryl methyl sites for hydroxylation is 1. The third-order valence-electron chi connectivity index (χ3n) is 4.11. The van der Waals surface area contributed by atoms with Gasteiger partial charge in [-0.3, -0.25) is 0 Å². The Morgan fingerprint density at radius 2 is 1.88 bits per heavy atom. The fourth-order valence-corrected chi connectivity index (χ4v) is 3.61. The van der Waals surface area contributed by atoms with Crippen molar-refractivity contribution in [1.29, 1.82) is 0 Å². The summed E-state index contributed by atoms with van der Waals surface area (Å²) in [6, 6.07) is 2.85. The van der Waals surface area contributed by atoms with Crippen molar-refractivity contribution in [1.82, 2.24) is 13.6 Å². The van der Waals surface area contributed by atoms with Crippen LogP contribution < -0.4 is 4.72 Å². The summed E-state index contributed by atoms with van der Waals surface area (Å²) >= 11 is 0. The molecular weight excluding hydrogens is 341 g/mol. The Balaban J connectivity index is 2.58. The Kier molecular flexibility index (Phi) is 5.33. The molecule has 140 valence electrons. The molecule has 5 nitrogen and oxygen atoms in total. The molecule has 0 radical (unpaired) electrons. The summed E-state index contributed by atoms with van der Waals surface area (Å²) in [6.45, 7) is 10.7. The van der Waals surface area contributed by atoms with Gasteiger partial charge in [-0.05, 0) is 42.5 Å². The van der Waals surface area contributed by atoms with Crippen LogP contribution in [0.3, 0.4) is 0 Å². The van der Waals surface area contributed by atoms with E-state index < -0.39 is 16.3 Å². The van der Waals surface area contributed by atoms with Crippen LogP contribution in [0.4, 0.5) is 4.39 Å². The van der Waals surface area contributed by atoms with Gasteiger partial charge in [0.05, 0.1) is 0 Å². The van der Waals surface area contributed by atoms with Crippen molar-refractivity contribution in [3.63, 3.8) is 0 Å². The van der Waals surface area contributed by atoms with Crippen LogP contribution >= 0.6 is 0 Å². The molecule has 25 heavy (non-hydrogen) atoms. The second-order valence-corrected chi connectivity index (χ2v) is 9.93. The van der Waals surface area contributed by atoms with E-state index in [1.54, 1.807) is 13.8 Å². The van der Waals surface area contributed by atoms with Crippen molar-refractivity contribution >= 4 is 21.1 Å². The van der Waals surface area contributed by atoms with Crippen molar-refractivity contribution < 1.29 is 12.8 Å². The van der Waals surface area contributed by atoms with Gasteiger partial charge in [0.25, 0.3) is 10.2 Å². The van der Waals surface area contributed by atoms with Crippen LogP contribution in [0.2, 0.25) is 0 Å². The van der Waals surface area contributed by atoms with Crippen LogP contribution in [0.5, 0.6) is 0 Å². The minimum atomic E-state index is -3.58. The lowest BCUT2D eigenvalue weighted by atomic mass is 9.97. The zero-order valence-corrected chi connectivity index (χ0v) is 16.8. The molecule has 1 aromatic heterocycles. The number of nitrogens with one attached hydrogen (secondary N) is 1. The minimum Gasteiger partial charge on any atom is -0.347 e. The SMILES string of the molecule is Cc1cc2c(cc1F)c([C@@H](C)NS(=O)(=O)N(C)C)cn2CC(C)(C)C. The molecule has 0 unspecified atom stereocenters. The molecule has 2 aromatic rings. The second-order valence-electron chi connectivity index (χ2n) is 8.02. The van der Waals surface area contributed by atoms with Crippen molar-refractivity contribution in [2.24, 2.45) is 5.41 Å². The number of aromatic nitrogens is 1. The number of rotatable bonds is 5. The largest absolute Gasteiger partial charge is 0.347 e. The quantitative estimate of drug-likeness (QED) is 0.876. The van der Waals surface area contributed by atoms with Gasteiger partial charge < -0.3 is 4.57 Å². The van der Waals surface area contributed by atoms with E-state index in [-0.39, 0.29) is 11.2 Å². The van der Waals surface area contributed by atoms with Gasteiger partial charge in [0.1, 0.15) is 5.82 Å². The van der Waals surface area contributed by atoms with Gasteiger partial charge in [-0.2, -0.15) is 17.4 Å². The van der Waals surface area contributed by atoms with E-state index in [1.165, 1.54) is 20.2 Å². The highest BCUT2D eigenvalue weighted by atomic mass is 32.2. The summed E-state index contributed by atoms with van der Waals surface area (Å²) in [5, 5.41) is 0.737. The van der Waals surface area contributed by atoms with Gasteiger partial charge in [0.15, 0.2) is 0 Å². The molecule has 2 rings (SSSR count). The zero-order chi connectivity index (χ0) is 19.2. The number of halogens is 1. The van der Waals surface area contributed by atoms with Crippen LogP contribution in [0.1, 0.15) is 44.9 Å². The monoisotopic (exact) mass is 369 g/mol. The van der Waals surface area contributed by atoms with Crippen molar-refractivity contribution in [2.45, 2.75) is 47.2 Å². The van der Waals surface area contributed by atoms with Crippen molar-refractivity contribution in [3.05, 3.63) is 35.3 Å². The molecule has 0 fully saturated rings. The van der Waals surface area contributed by atoms with Gasteiger partial charge >= 0.3 is 0 Å². The second kappa shape index (κ2) is 6.70. The number of fused-ring (bicyclic) bond motifs is 1. The average molecular weight is 370 g/mol. The molecule has 7 heteroatoms. The summed E-state index contributed by atoms with van der Waals surface area (Å²) in [5.41, 5.74) is 2.30. The predicted molar refractivity (Wildman–Crippen MR) is 100 cm³/mol. The smallest absolute Gasteiger partial charge is 0.279 e. The standard InChI is InChI=1S/C18H28FN3O2S/c1-12-8-17-14(9-16(12)19)15(10-22(17)11-18(3,4)5)13(2)20-25(23,24)21(6)7/h8-10,13,20H,11H2,1-7H3/t13-/m1/s1. The van der Waals surface area contributed by atoms with Gasteiger partial charge in [-0.1, -0.05) is 20.8 Å². The minimum absolute atomic E-state index is 0.0396. The molecule has 0 bridgehead atoms. The molecule has 1 heterocycles. The van der Waals surface area contributed by atoms with E-state index in [4.69, 9.17) is 0 Å². The summed E-state index contributed by atoms with van der Waals surface area (Å²) in [5.74, 6) is -0.287. The van der Waals surface area contributed by atoms with Crippen molar-refractivity contribution in [2.75, 3.05) is 14.1 Å². The molecule has 0 saturated carbocycles. The van der Waals surface area contributed by atoms with E-state index in [1.807, 2.05) is 12.3 Å². The Hall–Kier alpha value is -1.44. The van der Waals surface area contributed by atoms with Gasteiger partial charge in [0.2, 0.25) is 0 Å². The van der Waals surface area contributed by atoms with Crippen LogP contribution in [0, 0.1) is 18.2 Å². The maximum Gasteiger partial charge on any atom is 0.279 e. The summed E-state index contributed by atoms with van der Waals surface area (Å²) in [4.78, 5) is 0. The average Bonchev–Trinajstić information content (AvgIpc) is 2.75. The maximum atomic E-state index is 14.1. The molecule has 0 aliphatic heterocycles. The van der Waals surface area contributed by atoms with Gasteiger partial charge in [-0.15, -0.1) is 0 Å². The molecule has 0 saturated heterocycles. The summed E-state index contributed by atoms with van der Waals surface area (Å²) in [6.07, 6.45) is 1.93. The molecule has 0 aliphatic rings. The maximum absolute atomic E-state index is 14.1. The third kappa shape index (κ3) is 4.40. The number of nitrogens with zero attached hydrogens (tertiary/aromatic N) is 2. The first-order chi connectivity index (χ1) is 11.3. The van der Waals surface area contributed by atoms with E-state index in [9.17, 15) is 12.8 Å². The van der Waals surface area contributed by atoms with E-state index in [0.717, 1.165) is 27.3 Å². The van der Waals surface area contributed by atoms with Crippen LogP contribution in [0.25, 0.3) is 10.9 Å². The first-order valence-electron chi connectivity index (χ1n) is 8.30. The molecule has 0 spiro atoms. The van der Waals surface area contributed by atoms with Crippen molar-refractivity contribution in [3.8, 4) is 0 Å². The molecule has 1 atom stereocenters. The highest BCUT2D eigenvalue weighted by Crippen LogP contribution is 2.31. The van der Waals surface area contributed by atoms with Gasteiger partial charge in [0, 0.05) is 43.8 Å². The fraction of sp³-hybridized carbons (Fsp3) is 0.556. The first-order valence-corrected chi connectivity index (χ1v) is 9.74. The zero-order valence-electron chi connectivity index (χ0n) is 16.0. The van der Waals surface area contributed by atoms with E-state index >= 15 is 0 Å². The number of hydrogen-bond donors (Lipinski definition) is 1. The fourth-order valence-electron chi connectivity index (χ4n) is 2.82. The Labute approximate surface area is 150 Å². The Morgan fingerprint density at radius 3 is 2.40 bits per heavy atom. The molecule has 1 aromatic carbocycles. The topological polar surface area (TPSA) is 54.3 Å². The van der Waals surface area contributed by atoms with Crippen LogP contribution in [-0.4, -0.2) is 31.4 Å². The van der Waals surface area contributed by atoms with E-state index in [2.05, 4.69) is 30.1 Å². The molecule has 1 N–H and O–H groups in total. The third-order valence-corrected chi connectivity index (χ3v) is 5.72. The normalized spacial score (nSPS) is 14.4. The van der Waals surface area contributed by atoms with Crippen LogP contribution in [-0.2, 0) is 16.8 Å². The summed E-state index contributed by atoms with van der Waals surface area (Å²) < 4.78 is 44.3. The highest BCUT2D eigenvalue weighted by molar-refractivity contribution is 7.87. The van der Waals surface area contributed by atoms with E-state index in [0.29, 0.717) is 5.56 Å². The molecular formula is C18H28FN3O2S. The highest BCUT2D eigenvalue weighted by Gasteiger charge is 2.23. The molecule has 0 amide bonds. The predicted octanol–water partition coefficient (Wildman–Crippen LogP) is 3.59. The number of benzene rings is 1. The summed E-state index contributed by atoms with van der Waals surface area (Å²) in [7, 11) is -0.632. The lowest BCUT2D eigenvalue weighted by Gasteiger charge is -2.20. The van der Waals surface area contributed by atoms with Crippen LogP contribution in [0.15, 0.2) is 18.3 Å². The molecule has 0 aliphatic carbocycles. The Bertz CT molecular complexity index is 880. The lowest BCUT2D eigenvalue weighted by molar-refractivity contribution is 0.349. The first kappa shape index (κ1) is 19.9. The number of hydrogen-bond acceptors (Lipinski definition) is 2.